The van der Waals surface area contributed by atoms with Crippen LogP contribution < -0.4 is 0 Å². The van der Waals surface area contributed by atoms with Gasteiger partial charge in [-0.1, -0.05) is 0 Å². The van der Waals surface area contributed by atoms with Gasteiger partial charge in [-0.2, -0.15) is 0 Å². The summed E-state index contributed by atoms with van der Waals surface area (Å²) in [5.41, 5.74) is 0. The van der Waals surface area contributed by atoms with Crippen molar-refractivity contribution in [3.05, 3.63) is 10.0 Å². The molecule has 6 heavy (non-hydrogen) atoms. The van der Waals surface area contributed by atoms with E-state index >= 15 is 0 Å². The second-order valence-electron chi connectivity index (χ2n) is 0.895. The number of hydrogen-bond donors (Lipinski definition) is 0. The Hall–Kier alpha value is 0.500. The molecule has 0 bridgehead atoms. The molecule has 1 aliphatic heterocycles. The van der Waals surface area contributed by atoms with E-state index in [4.69, 9.17) is 11.8 Å². The van der Waals surface area contributed by atoms with Crippen molar-refractivity contribution in [2.24, 2.45) is 3.03 Å². The van der Waals surface area contributed by atoms with Crippen molar-refractivity contribution >= 4 is 34.5 Å². The summed E-state index contributed by atoms with van der Waals surface area (Å²) in [5, 5.41) is 0. The first kappa shape index (κ1) is 4.65. The normalized spacial score (nSPS) is 15.8. The van der Waals surface area contributed by atoms with Crippen LogP contribution in [0, 0.1) is 0 Å². The topological polar surface area (TPSA) is 15.6 Å². The summed E-state index contributed by atoms with van der Waals surface area (Å²) in [6, 6.07) is 0. The Morgan fingerprint density at radius 3 is 2.83 bits per heavy atom. The molecule has 0 amide bonds. The molecule has 0 N–H and O–H groups in total. The van der Waals surface area contributed by atoms with Crippen LogP contribution in [0.5, 0.6) is 0 Å². The molecule has 0 aromatic heterocycles. The van der Waals surface area contributed by atoms with Crippen molar-refractivity contribution in [2.75, 3.05) is 0 Å². The van der Waals surface area contributed by atoms with E-state index in [0.29, 0.717) is 0 Å². The maximum absolute atomic E-state index is 5.34. The fourth-order valence-corrected chi connectivity index (χ4v) is 2.45. The molecule has 0 unspecified atom stereocenters. The zero-order valence-electron chi connectivity index (χ0n) is 3.00. The van der Waals surface area contributed by atoms with E-state index in [9.17, 15) is 0 Å². The van der Waals surface area contributed by atoms with Crippen LogP contribution in [-0.4, -0.2) is 27.3 Å². The zero-order chi connectivity index (χ0) is 4.41. The molecule has 2 nitrogen and oxygen atoms in total. The summed E-state index contributed by atoms with van der Waals surface area (Å²) in [6.45, 7) is 0. The summed E-state index contributed by atoms with van der Waals surface area (Å²) < 4.78 is 7.35. The molecule has 0 aromatic carbocycles. The van der Waals surface area contributed by atoms with Gasteiger partial charge in [-0.25, -0.2) is 0 Å². The van der Waals surface area contributed by atoms with Gasteiger partial charge in [-0.05, 0) is 0 Å². The Morgan fingerprint density at radius 1 is 1.83 bits per heavy atom. The Labute approximate surface area is 52.1 Å². The van der Waals surface area contributed by atoms with Gasteiger partial charge in [0.2, 0.25) is 0 Å². The van der Waals surface area contributed by atoms with Crippen LogP contribution >= 0.6 is 11.8 Å². The minimum absolute atomic E-state index is 0.631. The number of halogens is 1. The first-order valence-electron chi connectivity index (χ1n) is 1.55. The van der Waals surface area contributed by atoms with E-state index in [-0.39, 0.29) is 0 Å². The third-order valence-electron chi connectivity index (χ3n) is 0.472. The molecule has 4 heteroatoms. The number of nitrogens with zero attached hydrogens (tertiary/aromatic N) is 2. The first-order chi connectivity index (χ1) is 2.89. The summed E-state index contributed by atoms with van der Waals surface area (Å²) in [6.07, 6.45) is 1.79. The Morgan fingerprint density at radius 2 is 2.67 bits per heavy atom. The molecule has 0 saturated heterocycles. The molecular formula is C2H2ClInN2. The van der Waals surface area contributed by atoms with Crippen LogP contribution in [0.4, 0.5) is 0 Å². The van der Waals surface area contributed by atoms with E-state index in [1.165, 1.54) is 4.53 Å². The summed E-state index contributed by atoms with van der Waals surface area (Å²) in [4.78, 5) is 0. The Balaban J connectivity index is 2.60. The number of hydrogen-bond acceptors (Lipinski definition) is 2. The SMILES string of the molecule is ClN1C=[CH][In]=[N]1. The van der Waals surface area contributed by atoms with Gasteiger partial charge in [0.05, 0.1) is 0 Å². The van der Waals surface area contributed by atoms with Crippen molar-refractivity contribution in [3.8, 4) is 0 Å². The monoisotopic (exact) mass is 204 g/mol. The van der Waals surface area contributed by atoms with Gasteiger partial charge in [0.1, 0.15) is 0 Å². The van der Waals surface area contributed by atoms with E-state index < -0.39 is 22.7 Å². The maximum atomic E-state index is 5.34. The molecule has 30 valence electrons. The predicted octanol–water partition coefficient (Wildman–Crippen LogP) is 0.730. The quantitative estimate of drug-likeness (QED) is 0.531. The van der Waals surface area contributed by atoms with Crippen molar-refractivity contribution in [1.29, 1.82) is 0 Å². The minimum atomic E-state index is -0.631. The van der Waals surface area contributed by atoms with Gasteiger partial charge >= 0.3 is 52.1 Å². The zero-order valence-corrected chi connectivity index (χ0v) is 7.06. The van der Waals surface area contributed by atoms with Gasteiger partial charge in [0.15, 0.2) is 0 Å². The predicted molar refractivity (Wildman–Crippen MR) is 25.0 cm³/mol. The molecule has 0 fully saturated rings. The molecule has 0 aromatic rings. The fraction of sp³-hybridized carbons (Fsp3) is 0. The number of rotatable bonds is 0. The molecular weight excluding hydrogens is 202 g/mol. The van der Waals surface area contributed by atoms with Gasteiger partial charge in [0.25, 0.3) is 0 Å². The molecule has 0 saturated carbocycles. The summed E-state index contributed by atoms with van der Waals surface area (Å²) >= 11 is 4.71. The van der Waals surface area contributed by atoms with Crippen molar-refractivity contribution in [3.63, 3.8) is 0 Å². The van der Waals surface area contributed by atoms with E-state index in [1.807, 2.05) is 0 Å². The Kier molecular flexibility index (Phi) is 1.54. The van der Waals surface area contributed by atoms with Crippen LogP contribution in [0.3, 0.4) is 0 Å². The Bertz CT molecular complexity index is 87.7. The molecule has 0 aliphatic carbocycles. The second-order valence-corrected chi connectivity index (χ2v) is 3.85. The van der Waals surface area contributed by atoms with Crippen LogP contribution in [0.1, 0.15) is 0 Å². The van der Waals surface area contributed by atoms with E-state index in [1.54, 1.807) is 6.20 Å². The van der Waals surface area contributed by atoms with Crippen molar-refractivity contribution in [2.45, 2.75) is 0 Å². The van der Waals surface area contributed by atoms with Gasteiger partial charge in [-0.3, -0.25) is 0 Å². The standard InChI is InChI=1S/C2H2ClN2.In/c1-2-5(3)4;/h1-2H;. The van der Waals surface area contributed by atoms with Crippen LogP contribution in [0.15, 0.2) is 13.1 Å². The average Bonchev–Trinajstić information content (AvgIpc) is 1.86. The summed E-state index contributed by atoms with van der Waals surface area (Å²) in [7, 11) is 0. The van der Waals surface area contributed by atoms with Crippen LogP contribution in [0.25, 0.3) is 0 Å². The molecule has 0 radical (unpaired) electrons. The molecule has 1 aliphatic rings. The molecule has 0 atom stereocenters. The average molecular weight is 204 g/mol. The van der Waals surface area contributed by atoms with Crippen LogP contribution in [-0.2, 0) is 0 Å². The van der Waals surface area contributed by atoms with Crippen molar-refractivity contribution < 1.29 is 0 Å². The van der Waals surface area contributed by atoms with Gasteiger partial charge in [0, 0.05) is 0 Å². The third kappa shape index (κ3) is 0.980. The molecule has 1 heterocycles. The summed E-state index contributed by atoms with van der Waals surface area (Å²) in [5.74, 6) is 0. The fourth-order valence-electron chi connectivity index (χ4n) is 0.250. The van der Waals surface area contributed by atoms with Crippen LogP contribution in [0.2, 0.25) is 0 Å². The molecule has 1 rings (SSSR count). The van der Waals surface area contributed by atoms with E-state index in [0.717, 1.165) is 0 Å². The van der Waals surface area contributed by atoms with Crippen molar-refractivity contribution in [1.82, 2.24) is 4.53 Å². The second kappa shape index (κ2) is 1.98. The van der Waals surface area contributed by atoms with Gasteiger partial charge < -0.3 is 0 Å². The molecule has 0 spiro atoms. The third-order valence-corrected chi connectivity index (χ3v) is 3.16. The first-order valence-corrected chi connectivity index (χ1v) is 5.27. The van der Waals surface area contributed by atoms with E-state index in [2.05, 4.69) is 6.86 Å². The van der Waals surface area contributed by atoms with Gasteiger partial charge in [-0.15, -0.1) is 0 Å².